The largest absolute Gasteiger partial charge is 0.457 e. The van der Waals surface area contributed by atoms with E-state index in [1.165, 1.54) is 0 Å². The molecule has 1 aliphatic rings. The first-order valence-electron chi connectivity index (χ1n) is 12.3. The minimum absolute atomic E-state index is 0.0289. The number of para-hydroxylation sites is 1. The summed E-state index contributed by atoms with van der Waals surface area (Å²) in [6.45, 7) is 2.47. The van der Waals surface area contributed by atoms with Gasteiger partial charge in [-0.1, -0.05) is 18.2 Å². The molecule has 3 N–H and O–H groups in total. The lowest BCUT2D eigenvalue weighted by molar-refractivity contribution is -0.138. The number of hydrogen-bond acceptors (Lipinski definition) is 7. The van der Waals surface area contributed by atoms with Gasteiger partial charge in [0.1, 0.15) is 23.9 Å². The van der Waals surface area contributed by atoms with E-state index in [0.29, 0.717) is 31.5 Å². The van der Waals surface area contributed by atoms with Crippen LogP contribution in [0.2, 0.25) is 0 Å². The van der Waals surface area contributed by atoms with Gasteiger partial charge in [0, 0.05) is 32.1 Å². The number of nitrogens with two attached hydrogens (primary N) is 1. The molecule has 36 heavy (non-hydrogen) atoms. The van der Waals surface area contributed by atoms with Crippen molar-refractivity contribution in [3.63, 3.8) is 0 Å². The summed E-state index contributed by atoms with van der Waals surface area (Å²) in [6, 6.07) is 19.4. The molecular weight excluding hydrogens is 456 g/mol. The number of amides is 1. The molecule has 0 unspecified atom stereocenters. The van der Waals surface area contributed by atoms with Crippen LogP contribution >= 0.6 is 0 Å². The number of carbonyl (C=O) groups excluding carboxylic acids is 1. The van der Waals surface area contributed by atoms with Gasteiger partial charge in [-0.25, -0.2) is 4.98 Å². The van der Waals surface area contributed by atoms with E-state index in [4.69, 9.17) is 19.9 Å². The van der Waals surface area contributed by atoms with Crippen LogP contribution in [0.5, 0.6) is 11.5 Å². The minimum Gasteiger partial charge on any atom is -0.457 e. The predicted octanol–water partition coefficient (Wildman–Crippen LogP) is 4.64. The average Bonchev–Trinajstić information content (AvgIpc) is 2.90. The smallest absolute Gasteiger partial charge is 0.248 e. The Kier molecular flexibility index (Phi) is 9.13. The van der Waals surface area contributed by atoms with E-state index in [-0.39, 0.29) is 12.5 Å². The van der Waals surface area contributed by atoms with Gasteiger partial charge in [-0.05, 0) is 73.2 Å². The first kappa shape index (κ1) is 25.5. The van der Waals surface area contributed by atoms with Crippen molar-refractivity contribution in [2.75, 3.05) is 51.1 Å². The van der Waals surface area contributed by atoms with Crippen LogP contribution in [0.1, 0.15) is 18.4 Å². The summed E-state index contributed by atoms with van der Waals surface area (Å²) >= 11 is 0. The summed E-state index contributed by atoms with van der Waals surface area (Å²) in [6.07, 6.45) is 4.57. The maximum atomic E-state index is 12.6. The molecule has 0 spiro atoms. The average molecular weight is 491 g/mol. The molecule has 0 saturated carbocycles. The highest BCUT2D eigenvalue weighted by molar-refractivity contribution is 5.77. The number of benzene rings is 2. The van der Waals surface area contributed by atoms with E-state index in [1.54, 1.807) is 13.3 Å². The summed E-state index contributed by atoms with van der Waals surface area (Å²) in [5.74, 6) is 2.36. The highest BCUT2D eigenvalue weighted by atomic mass is 16.5. The molecule has 0 aliphatic carbocycles. The van der Waals surface area contributed by atoms with Crippen LogP contribution in [-0.4, -0.2) is 55.8 Å². The van der Waals surface area contributed by atoms with Gasteiger partial charge >= 0.3 is 0 Å². The summed E-state index contributed by atoms with van der Waals surface area (Å²) < 4.78 is 16.3. The molecule has 2 heterocycles. The normalized spacial score (nSPS) is 15.5. The highest BCUT2D eigenvalue weighted by Crippen LogP contribution is 2.31. The fourth-order valence-corrected chi connectivity index (χ4v) is 4.37. The zero-order chi connectivity index (χ0) is 25.2. The van der Waals surface area contributed by atoms with Crippen molar-refractivity contribution >= 4 is 23.1 Å². The summed E-state index contributed by atoms with van der Waals surface area (Å²) in [7, 11) is 1.62. The van der Waals surface area contributed by atoms with E-state index >= 15 is 0 Å². The first-order chi connectivity index (χ1) is 17.6. The van der Waals surface area contributed by atoms with E-state index < -0.39 is 0 Å². The van der Waals surface area contributed by atoms with Crippen molar-refractivity contribution in [2.45, 2.75) is 19.3 Å². The Morgan fingerprint density at radius 3 is 2.64 bits per heavy atom. The topological polar surface area (TPSA) is 98.9 Å². The third kappa shape index (κ3) is 7.19. The predicted molar refractivity (Wildman–Crippen MR) is 141 cm³/mol. The molecular formula is C28H34N4O4. The number of nitrogens with zero attached hydrogens (tertiary/aromatic N) is 2. The van der Waals surface area contributed by atoms with Crippen molar-refractivity contribution in [3.05, 3.63) is 72.4 Å². The van der Waals surface area contributed by atoms with Gasteiger partial charge in [-0.15, -0.1) is 0 Å². The number of likely N-dealkylation sites (tertiary alicyclic amines) is 1. The van der Waals surface area contributed by atoms with Crippen molar-refractivity contribution in [1.82, 2.24) is 9.88 Å². The molecule has 1 amide bonds. The van der Waals surface area contributed by atoms with E-state index in [1.807, 2.05) is 65.6 Å². The van der Waals surface area contributed by atoms with Gasteiger partial charge < -0.3 is 30.2 Å². The second-order valence-electron chi connectivity index (χ2n) is 8.89. The van der Waals surface area contributed by atoms with Gasteiger partial charge in [0.25, 0.3) is 0 Å². The summed E-state index contributed by atoms with van der Waals surface area (Å²) in [5, 5.41) is 3.44. The van der Waals surface area contributed by atoms with E-state index in [0.717, 1.165) is 54.2 Å². The number of piperidine rings is 1. The molecule has 1 fully saturated rings. The number of anilines is 3. The molecule has 190 valence electrons. The van der Waals surface area contributed by atoms with Crippen LogP contribution in [0.3, 0.4) is 0 Å². The van der Waals surface area contributed by atoms with Gasteiger partial charge in [0.05, 0.1) is 18.9 Å². The molecule has 1 saturated heterocycles. The van der Waals surface area contributed by atoms with Crippen LogP contribution in [0.25, 0.3) is 0 Å². The molecule has 2 aromatic carbocycles. The van der Waals surface area contributed by atoms with Crippen molar-refractivity contribution in [2.24, 2.45) is 5.92 Å². The first-order valence-corrected chi connectivity index (χ1v) is 12.3. The number of methoxy groups -OCH3 is 1. The monoisotopic (exact) mass is 490 g/mol. The molecule has 3 aromatic rings. The summed E-state index contributed by atoms with van der Waals surface area (Å²) in [4.78, 5) is 18.8. The number of nitrogen functional groups attached to an aromatic ring is 1. The molecule has 0 radical (unpaired) electrons. The van der Waals surface area contributed by atoms with Gasteiger partial charge in [-0.2, -0.15) is 0 Å². The summed E-state index contributed by atoms with van der Waals surface area (Å²) in [5.41, 5.74) is 9.06. The number of hydrogen-bond donors (Lipinski definition) is 2. The van der Waals surface area contributed by atoms with E-state index in [9.17, 15) is 4.79 Å². The number of nitrogens with one attached hydrogen (secondary N) is 1. The van der Waals surface area contributed by atoms with Crippen molar-refractivity contribution in [1.29, 1.82) is 0 Å². The Balaban J connectivity index is 1.38. The molecule has 1 atom stereocenters. The molecule has 0 bridgehead atoms. The quantitative estimate of drug-likeness (QED) is 0.378. The lowest BCUT2D eigenvalue weighted by Gasteiger charge is -2.33. The molecule has 1 aromatic heterocycles. The van der Waals surface area contributed by atoms with Crippen LogP contribution in [0, 0.1) is 5.92 Å². The fraction of sp³-hybridized carbons (Fsp3) is 0.357. The Morgan fingerprint density at radius 2 is 1.86 bits per heavy atom. The number of pyridine rings is 1. The Bertz CT molecular complexity index is 1110. The van der Waals surface area contributed by atoms with Crippen LogP contribution < -0.4 is 15.8 Å². The Hall–Kier alpha value is -3.62. The second-order valence-corrected chi connectivity index (χ2v) is 8.89. The van der Waals surface area contributed by atoms with Crippen LogP contribution in [-0.2, 0) is 20.7 Å². The van der Waals surface area contributed by atoms with Crippen molar-refractivity contribution in [3.8, 4) is 11.5 Å². The van der Waals surface area contributed by atoms with Gasteiger partial charge in [0.2, 0.25) is 5.91 Å². The molecule has 8 nitrogen and oxygen atoms in total. The fourth-order valence-electron chi connectivity index (χ4n) is 4.37. The number of carbonyl (C=O) groups is 1. The molecule has 8 heteroatoms. The maximum Gasteiger partial charge on any atom is 0.248 e. The zero-order valence-corrected chi connectivity index (χ0v) is 20.7. The lowest BCUT2D eigenvalue weighted by atomic mass is 9.90. The number of ether oxygens (including phenoxy) is 3. The Morgan fingerprint density at radius 1 is 1.08 bits per heavy atom. The zero-order valence-electron chi connectivity index (χ0n) is 20.7. The highest BCUT2D eigenvalue weighted by Gasteiger charge is 2.25. The van der Waals surface area contributed by atoms with Gasteiger partial charge in [0.15, 0.2) is 0 Å². The van der Waals surface area contributed by atoms with Crippen molar-refractivity contribution < 1.29 is 19.0 Å². The minimum atomic E-state index is 0.0289. The molecule has 1 aliphatic heterocycles. The number of aromatic nitrogens is 1. The van der Waals surface area contributed by atoms with Crippen LogP contribution in [0.15, 0.2) is 66.9 Å². The van der Waals surface area contributed by atoms with E-state index in [2.05, 4.69) is 10.3 Å². The molecule has 4 rings (SSSR count). The van der Waals surface area contributed by atoms with Gasteiger partial charge in [-0.3, -0.25) is 4.79 Å². The number of rotatable bonds is 11. The van der Waals surface area contributed by atoms with Crippen LogP contribution in [0.4, 0.5) is 17.2 Å². The third-order valence-electron chi connectivity index (χ3n) is 6.21. The SMILES string of the molecule is COCCOCC(=O)N1CCC[C@@H](Cc2ccnc(N)c2Nc2ccc(Oc3ccccc3)cc2)C1. The standard InChI is InChI=1S/C28H34N4O4/c1-34-16-17-35-20-26(33)32-15-5-6-21(19-32)18-22-13-14-30-28(29)27(22)31-23-9-11-25(12-10-23)36-24-7-3-2-4-8-24/h2-4,7-14,21,31H,5-6,15-20H2,1H3,(H2,29,30)/t21-/m0/s1. The third-order valence-corrected chi connectivity index (χ3v) is 6.21. The lowest BCUT2D eigenvalue weighted by Crippen LogP contribution is -2.42. The second kappa shape index (κ2) is 12.9. The Labute approximate surface area is 212 Å². The maximum absolute atomic E-state index is 12.6.